The van der Waals surface area contributed by atoms with E-state index in [1.807, 2.05) is 6.92 Å². The highest BCUT2D eigenvalue weighted by molar-refractivity contribution is 7.89. The summed E-state index contributed by atoms with van der Waals surface area (Å²) in [5.74, 6) is -0.357. The van der Waals surface area contributed by atoms with Crippen molar-refractivity contribution in [2.75, 3.05) is 20.3 Å². The topological polar surface area (TPSA) is 98.5 Å². The van der Waals surface area contributed by atoms with Crippen LogP contribution in [0.4, 0.5) is 0 Å². The molecule has 1 aromatic carbocycles. The maximum absolute atomic E-state index is 11.8. The molecule has 0 saturated heterocycles. The first-order valence-corrected chi connectivity index (χ1v) is 7.37. The molecule has 1 rings (SSSR count). The summed E-state index contributed by atoms with van der Waals surface area (Å²) < 4.78 is 27.8. The summed E-state index contributed by atoms with van der Waals surface area (Å²) in [5, 5.41) is 7.76. The van der Waals surface area contributed by atoms with Crippen LogP contribution in [0.1, 0.15) is 22.8 Å². The number of hydrogen-bond acceptors (Lipinski definition) is 4. The van der Waals surface area contributed by atoms with E-state index in [4.69, 9.17) is 9.88 Å². The first kappa shape index (κ1) is 15.6. The van der Waals surface area contributed by atoms with Crippen LogP contribution in [0.5, 0.6) is 0 Å². The molecule has 0 aliphatic heterocycles. The van der Waals surface area contributed by atoms with E-state index in [1.54, 1.807) is 12.1 Å². The molecule has 0 saturated carbocycles. The second kappa shape index (κ2) is 6.65. The lowest BCUT2D eigenvalue weighted by Crippen LogP contribution is -2.27. The van der Waals surface area contributed by atoms with Crippen molar-refractivity contribution in [2.45, 2.75) is 18.2 Å². The lowest BCUT2D eigenvalue weighted by atomic mass is 10.1. The highest BCUT2D eigenvalue weighted by Gasteiger charge is 2.16. The van der Waals surface area contributed by atoms with E-state index in [0.717, 1.165) is 0 Å². The fourth-order valence-corrected chi connectivity index (χ4v) is 2.49. The van der Waals surface area contributed by atoms with Crippen molar-refractivity contribution in [2.24, 2.45) is 5.14 Å². The number of carbonyl (C=O) groups is 1. The van der Waals surface area contributed by atoms with E-state index >= 15 is 0 Å². The molecular weight excluding hydrogens is 268 g/mol. The van der Waals surface area contributed by atoms with E-state index in [0.29, 0.717) is 25.1 Å². The molecule has 0 heterocycles. The SMILES string of the molecule is CCc1ccc(C(=O)NCCOC)cc1S(N)(=O)=O. The number of methoxy groups -OCH3 is 1. The summed E-state index contributed by atoms with van der Waals surface area (Å²) in [5.41, 5.74) is 0.855. The molecular formula is C12H18N2O4S. The molecule has 3 N–H and O–H groups in total. The number of nitrogens with one attached hydrogen (secondary N) is 1. The summed E-state index contributed by atoms with van der Waals surface area (Å²) in [7, 11) is -2.30. The molecule has 1 amide bonds. The van der Waals surface area contributed by atoms with Crippen LogP contribution in [-0.2, 0) is 21.2 Å². The quantitative estimate of drug-likeness (QED) is 0.733. The van der Waals surface area contributed by atoms with Crippen molar-refractivity contribution >= 4 is 15.9 Å². The van der Waals surface area contributed by atoms with Gasteiger partial charge in [0.1, 0.15) is 0 Å². The van der Waals surface area contributed by atoms with Crippen molar-refractivity contribution in [3.63, 3.8) is 0 Å². The lowest BCUT2D eigenvalue weighted by molar-refractivity contribution is 0.0937. The highest BCUT2D eigenvalue weighted by Crippen LogP contribution is 2.17. The number of hydrogen-bond donors (Lipinski definition) is 2. The number of rotatable bonds is 6. The molecule has 0 aliphatic carbocycles. The zero-order valence-electron chi connectivity index (χ0n) is 11.0. The summed E-state index contributed by atoms with van der Waals surface area (Å²) in [6.45, 7) is 2.57. The number of amides is 1. The Labute approximate surface area is 113 Å². The van der Waals surface area contributed by atoms with Crippen LogP contribution in [0.15, 0.2) is 23.1 Å². The molecule has 0 spiro atoms. The number of aryl methyl sites for hydroxylation is 1. The van der Waals surface area contributed by atoms with E-state index in [9.17, 15) is 13.2 Å². The Balaban J connectivity index is 3.02. The maximum atomic E-state index is 11.8. The Morgan fingerprint density at radius 2 is 2.11 bits per heavy atom. The van der Waals surface area contributed by atoms with Gasteiger partial charge in [0.25, 0.3) is 5.91 Å². The molecule has 19 heavy (non-hydrogen) atoms. The smallest absolute Gasteiger partial charge is 0.251 e. The van der Waals surface area contributed by atoms with Gasteiger partial charge in [-0.15, -0.1) is 0 Å². The molecule has 0 aliphatic rings. The summed E-state index contributed by atoms with van der Waals surface area (Å²) in [6.07, 6.45) is 0.525. The van der Waals surface area contributed by atoms with Gasteiger partial charge in [-0.25, -0.2) is 13.6 Å². The van der Waals surface area contributed by atoms with Gasteiger partial charge in [0.2, 0.25) is 10.0 Å². The summed E-state index contributed by atoms with van der Waals surface area (Å²) in [6, 6.07) is 4.48. The molecule has 7 heteroatoms. The largest absolute Gasteiger partial charge is 0.383 e. The minimum atomic E-state index is -3.83. The number of nitrogens with two attached hydrogens (primary N) is 1. The van der Waals surface area contributed by atoms with Crippen LogP contribution in [0.25, 0.3) is 0 Å². The standard InChI is InChI=1S/C12H18N2O4S/c1-3-9-4-5-10(8-11(9)19(13,16)17)12(15)14-6-7-18-2/h4-5,8H,3,6-7H2,1-2H3,(H,14,15)(H2,13,16,17). The Morgan fingerprint density at radius 3 is 2.63 bits per heavy atom. The maximum Gasteiger partial charge on any atom is 0.251 e. The van der Waals surface area contributed by atoms with Gasteiger partial charge < -0.3 is 10.1 Å². The predicted molar refractivity (Wildman–Crippen MR) is 71.4 cm³/mol. The van der Waals surface area contributed by atoms with Gasteiger partial charge in [-0.1, -0.05) is 13.0 Å². The average molecular weight is 286 g/mol. The van der Waals surface area contributed by atoms with Crippen LogP contribution in [-0.4, -0.2) is 34.6 Å². The minimum absolute atomic E-state index is 0.00519. The molecule has 0 radical (unpaired) electrons. The van der Waals surface area contributed by atoms with Gasteiger partial charge in [0, 0.05) is 19.2 Å². The Bertz CT molecular complexity index is 555. The second-order valence-electron chi connectivity index (χ2n) is 3.97. The van der Waals surface area contributed by atoms with Crippen molar-refractivity contribution in [3.8, 4) is 0 Å². The Kier molecular flexibility index (Phi) is 5.46. The van der Waals surface area contributed by atoms with Gasteiger partial charge in [0.15, 0.2) is 0 Å². The third-order valence-corrected chi connectivity index (χ3v) is 3.60. The number of ether oxygens (including phenoxy) is 1. The normalized spacial score (nSPS) is 11.3. The first-order chi connectivity index (χ1) is 8.90. The summed E-state index contributed by atoms with van der Waals surface area (Å²) >= 11 is 0. The number of primary sulfonamides is 1. The van der Waals surface area contributed by atoms with Gasteiger partial charge >= 0.3 is 0 Å². The monoisotopic (exact) mass is 286 g/mol. The predicted octanol–water partition coefficient (Wildman–Crippen LogP) is 0.273. The molecule has 0 aromatic heterocycles. The fourth-order valence-electron chi connectivity index (χ4n) is 1.62. The van der Waals surface area contributed by atoms with Gasteiger partial charge in [-0.3, -0.25) is 4.79 Å². The third kappa shape index (κ3) is 4.30. The molecule has 0 bridgehead atoms. The van der Waals surface area contributed by atoms with Gasteiger partial charge in [0.05, 0.1) is 11.5 Å². The second-order valence-corrected chi connectivity index (χ2v) is 5.50. The van der Waals surface area contributed by atoms with Crippen LogP contribution in [0.3, 0.4) is 0 Å². The van der Waals surface area contributed by atoms with E-state index in [1.165, 1.54) is 13.2 Å². The van der Waals surface area contributed by atoms with Crippen LogP contribution in [0.2, 0.25) is 0 Å². The lowest BCUT2D eigenvalue weighted by Gasteiger charge is -2.09. The van der Waals surface area contributed by atoms with Crippen molar-refractivity contribution in [1.82, 2.24) is 5.32 Å². The zero-order valence-corrected chi connectivity index (χ0v) is 11.8. The third-order valence-electron chi connectivity index (χ3n) is 2.61. The van der Waals surface area contributed by atoms with E-state index in [-0.39, 0.29) is 16.4 Å². The molecule has 0 atom stereocenters. The Morgan fingerprint density at radius 1 is 1.42 bits per heavy atom. The van der Waals surface area contributed by atoms with E-state index in [2.05, 4.69) is 5.32 Å². The molecule has 6 nitrogen and oxygen atoms in total. The molecule has 106 valence electrons. The van der Waals surface area contributed by atoms with Crippen LogP contribution >= 0.6 is 0 Å². The first-order valence-electron chi connectivity index (χ1n) is 5.83. The fraction of sp³-hybridized carbons (Fsp3) is 0.417. The number of carbonyl (C=O) groups excluding carboxylic acids is 1. The van der Waals surface area contributed by atoms with Gasteiger partial charge in [-0.05, 0) is 24.1 Å². The number of benzene rings is 1. The van der Waals surface area contributed by atoms with Crippen LogP contribution in [0, 0.1) is 0 Å². The molecule has 1 aromatic rings. The molecule has 0 unspecified atom stereocenters. The average Bonchev–Trinajstić information content (AvgIpc) is 2.37. The van der Waals surface area contributed by atoms with E-state index < -0.39 is 10.0 Å². The van der Waals surface area contributed by atoms with Crippen LogP contribution < -0.4 is 10.5 Å². The summed E-state index contributed by atoms with van der Waals surface area (Å²) in [4.78, 5) is 11.8. The minimum Gasteiger partial charge on any atom is -0.383 e. The zero-order chi connectivity index (χ0) is 14.5. The van der Waals surface area contributed by atoms with Gasteiger partial charge in [-0.2, -0.15) is 0 Å². The Hall–Kier alpha value is -1.44. The highest BCUT2D eigenvalue weighted by atomic mass is 32.2. The van der Waals surface area contributed by atoms with Crippen molar-refractivity contribution in [1.29, 1.82) is 0 Å². The molecule has 0 fully saturated rings. The van der Waals surface area contributed by atoms with Crippen molar-refractivity contribution in [3.05, 3.63) is 29.3 Å². The van der Waals surface area contributed by atoms with Crippen molar-refractivity contribution < 1.29 is 17.9 Å². The number of sulfonamides is 1.